The number of likely N-dealkylation sites (N-methyl/N-ethyl adjacent to an activating group) is 2. The Kier molecular flexibility index (Phi) is 2.08. The lowest BCUT2D eigenvalue weighted by Gasteiger charge is -2.46. The first kappa shape index (κ1) is 9.61. The number of carbonyl (C=O) groups excluding carboxylic acids is 2. The summed E-state index contributed by atoms with van der Waals surface area (Å²) in [4.78, 5) is 26.9. The van der Waals surface area contributed by atoms with Gasteiger partial charge in [-0.3, -0.25) is 24.7 Å². The predicted octanol–water partition coefficient (Wildman–Crippen LogP) is -1.00. The molecule has 1 spiro atoms. The predicted molar refractivity (Wildman–Crippen MR) is 50.4 cm³/mol. The van der Waals surface area contributed by atoms with Crippen LogP contribution in [0.25, 0.3) is 0 Å². The zero-order valence-electron chi connectivity index (χ0n) is 8.54. The van der Waals surface area contributed by atoms with Gasteiger partial charge in [-0.05, 0) is 20.5 Å². The Labute approximate surface area is 83.0 Å². The van der Waals surface area contributed by atoms with E-state index in [2.05, 4.69) is 5.32 Å². The lowest BCUT2D eigenvalue weighted by atomic mass is 10.0. The molecule has 0 aromatic rings. The van der Waals surface area contributed by atoms with Crippen molar-refractivity contribution in [2.45, 2.75) is 18.5 Å². The zero-order valence-corrected chi connectivity index (χ0v) is 8.54. The summed E-state index contributed by atoms with van der Waals surface area (Å²) in [5.41, 5.74) is -0.713. The second-order valence-electron chi connectivity index (χ2n) is 4.07. The van der Waals surface area contributed by atoms with Gasteiger partial charge in [-0.15, -0.1) is 0 Å². The SMILES string of the molecule is CN1CCCN(C)C12CC(=O)NC2=O. The third-order valence-electron chi connectivity index (χ3n) is 3.27. The van der Waals surface area contributed by atoms with Crippen molar-refractivity contribution >= 4 is 11.8 Å². The highest BCUT2D eigenvalue weighted by molar-refractivity contribution is 6.08. The normalized spacial score (nSPS) is 28.4. The van der Waals surface area contributed by atoms with Gasteiger partial charge in [-0.1, -0.05) is 0 Å². The lowest BCUT2D eigenvalue weighted by Crippen LogP contribution is -2.65. The van der Waals surface area contributed by atoms with Crippen molar-refractivity contribution in [3.63, 3.8) is 0 Å². The summed E-state index contributed by atoms with van der Waals surface area (Å²) < 4.78 is 0. The van der Waals surface area contributed by atoms with Gasteiger partial charge < -0.3 is 0 Å². The molecule has 0 aromatic heterocycles. The zero-order chi connectivity index (χ0) is 10.3. The number of rotatable bonds is 0. The van der Waals surface area contributed by atoms with Crippen LogP contribution in [0.5, 0.6) is 0 Å². The number of carbonyl (C=O) groups is 2. The number of imide groups is 1. The summed E-state index contributed by atoms with van der Waals surface area (Å²) in [6.45, 7) is 1.73. The number of nitrogens with one attached hydrogen (secondary N) is 1. The molecule has 2 fully saturated rings. The highest BCUT2D eigenvalue weighted by Gasteiger charge is 2.53. The highest BCUT2D eigenvalue weighted by atomic mass is 16.2. The molecule has 0 aliphatic carbocycles. The average Bonchev–Trinajstić information content (AvgIpc) is 2.39. The second-order valence-corrected chi connectivity index (χ2v) is 4.07. The minimum Gasteiger partial charge on any atom is -0.293 e. The van der Waals surface area contributed by atoms with E-state index >= 15 is 0 Å². The highest BCUT2D eigenvalue weighted by Crippen LogP contribution is 2.30. The summed E-state index contributed by atoms with van der Waals surface area (Å²) in [6, 6.07) is 0. The monoisotopic (exact) mass is 197 g/mol. The van der Waals surface area contributed by atoms with Crippen LogP contribution in [0, 0.1) is 0 Å². The topological polar surface area (TPSA) is 52.6 Å². The van der Waals surface area contributed by atoms with E-state index in [4.69, 9.17) is 0 Å². The molecule has 78 valence electrons. The van der Waals surface area contributed by atoms with Gasteiger partial charge in [0.15, 0.2) is 5.66 Å². The Morgan fingerprint density at radius 1 is 1.21 bits per heavy atom. The van der Waals surface area contributed by atoms with Crippen molar-refractivity contribution in [1.29, 1.82) is 0 Å². The summed E-state index contributed by atoms with van der Waals surface area (Å²) in [5, 5.41) is 2.38. The molecule has 2 saturated heterocycles. The van der Waals surface area contributed by atoms with E-state index in [0.717, 1.165) is 19.5 Å². The van der Waals surface area contributed by atoms with Gasteiger partial charge in [0.05, 0.1) is 6.42 Å². The maximum atomic E-state index is 11.8. The summed E-state index contributed by atoms with van der Waals surface area (Å²) in [6.07, 6.45) is 1.30. The minimum atomic E-state index is -0.713. The molecule has 2 aliphatic rings. The Bertz CT molecular complexity index is 280. The summed E-state index contributed by atoms with van der Waals surface area (Å²) >= 11 is 0. The molecule has 2 aliphatic heterocycles. The molecule has 2 amide bonds. The van der Waals surface area contributed by atoms with Crippen molar-refractivity contribution in [3.05, 3.63) is 0 Å². The Balaban J connectivity index is 2.35. The first-order valence-electron chi connectivity index (χ1n) is 4.84. The fraction of sp³-hybridized carbons (Fsp3) is 0.778. The molecule has 0 atom stereocenters. The molecule has 2 rings (SSSR count). The molecule has 0 radical (unpaired) electrons. The first-order valence-corrected chi connectivity index (χ1v) is 4.84. The van der Waals surface area contributed by atoms with Crippen molar-refractivity contribution in [2.75, 3.05) is 27.2 Å². The van der Waals surface area contributed by atoms with Crippen LogP contribution in [0.15, 0.2) is 0 Å². The third kappa shape index (κ3) is 1.09. The van der Waals surface area contributed by atoms with Crippen molar-refractivity contribution < 1.29 is 9.59 Å². The largest absolute Gasteiger partial charge is 0.293 e. The molecule has 0 unspecified atom stereocenters. The summed E-state index contributed by atoms with van der Waals surface area (Å²) in [5.74, 6) is -0.345. The smallest absolute Gasteiger partial charge is 0.262 e. The first-order chi connectivity index (χ1) is 6.57. The molecular weight excluding hydrogens is 182 g/mol. The fourth-order valence-electron chi connectivity index (χ4n) is 2.40. The van der Waals surface area contributed by atoms with Gasteiger partial charge in [0.1, 0.15) is 0 Å². The van der Waals surface area contributed by atoms with Crippen LogP contribution in [0.2, 0.25) is 0 Å². The van der Waals surface area contributed by atoms with Crippen LogP contribution in [0.1, 0.15) is 12.8 Å². The van der Waals surface area contributed by atoms with Crippen LogP contribution < -0.4 is 5.32 Å². The van der Waals surface area contributed by atoms with Crippen molar-refractivity contribution in [1.82, 2.24) is 15.1 Å². The third-order valence-corrected chi connectivity index (χ3v) is 3.27. The molecule has 2 heterocycles. The number of nitrogens with zero attached hydrogens (tertiary/aromatic N) is 2. The Morgan fingerprint density at radius 2 is 1.79 bits per heavy atom. The number of hydrogen-bond acceptors (Lipinski definition) is 4. The number of hydrogen-bond donors (Lipinski definition) is 1. The molecule has 0 aromatic carbocycles. The van der Waals surface area contributed by atoms with Gasteiger partial charge in [0.2, 0.25) is 5.91 Å². The quantitative estimate of drug-likeness (QED) is 0.506. The lowest BCUT2D eigenvalue weighted by molar-refractivity contribution is -0.144. The maximum Gasteiger partial charge on any atom is 0.262 e. The van der Waals surface area contributed by atoms with Gasteiger partial charge >= 0.3 is 0 Å². The van der Waals surface area contributed by atoms with Gasteiger partial charge in [0.25, 0.3) is 5.91 Å². The van der Waals surface area contributed by atoms with Crippen LogP contribution in [0.3, 0.4) is 0 Å². The van der Waals surface area contributed by atoms with E-state index in [1.165, 1.54) is 0 Å². The van der Waals surface area contributed by atoms with Crippen LogP contribution in [0.4, 0.5) is 0 Å². The van der Waals surface area contributed by atoms with Gasteiger partial charge in [-0.25, -0.2) is 0 Å². The molecule has 5 heteroatoms. The maximum absolute atomic E-state index is 11.8. The van der Waals surface area contributed by atoms with Crippen LogP contribution >= 0.6 is 0 Å². The Hall–Kier alpha value is -0.940. The van der Waals surface area contributed by atoms with Crippen molar-refractivity contribution in [2.24, 2.45) is 0 Å². The molecule has 14 heavy (non-hydrogen) atoms. The number of amides is 2. The van der Waals surface area contributed by atoms with Crippen molar-refractivity contribution in [3.8, 4) is 0 Å². The standard InChI is InChI=1S/C9H15N3O2/c1-11-4-3-5-12(2)9(11)6-7(13)10-8(9)14/h3-6H2,1-2H3,(H,10,13,14). The van der Waals surface area contributed by atoms with E-state index < -0.39 is 5.66 Å². The fourth-order valence-corrected chi connectivity index (χ4v) is 2.40. The Morgan fingerprint density at radius 3 is 2.21 bits per heavy atom. The second kappa shape index (κ2) is 3.03. The molecule has 5 nitrogen and oxygen atoms in total. The molecule has 0 saturated carbocycles. The van der Waals surface area contributed by atoms with Gasteiger partial charge in [-0.2, -0.15) is 0 Å². The van der Waals surface area contributed by atoms with E-state index in [0.29, 0.717) is 0 Å². The van der Waals surface area contributed by atoms with Gasteiger partial charge in [0, 0.05) is 13.1 Å². The molecular formula is C9H15N3O2. The van der Waals surface area contributed by atoms with Crippen LogP contribution in [-0.4, -0.2) is 54.5 Å². The molecule has 0 bridgehead atoms. The van der Waals surface area contributed by atoms with E-state index in [1.54, 1.807) is 0 Å². The summed E-state index contributed by atoms with van der Waals surface area (Å²) in [7, 11) is 3.79. The van der Waals surface area contributed by atoms with E-state index in [9.17, 15) is 9.59 Å². The van der Waals surface area contributed by atoms with Crippen LogP contribution in [-0.2, 0) is 9.59 Å². The van der Waals surface area contributed by atoms with E-state index in [1.807, 2.05) is 23.9 Å². The minimum absolute atomic E-state index is 0.171. The average molecular weight is 197 g/mol. The van der Waals surface area contributed by atoms with E-state index in [-0.39, 0.29) is 18.2 Å². The molecule has 1 N–H and O–H groups in total.